The first-order valence-electron chi connectivity index (χ1n) is 15.4. The maximum atomic E-state index is 12.6. The minimum atomic E-state index is 0.0408. The number of hydrogen-bond acceptors (Lipinski definition) is 6. The molecule has 1 fully saturated rings. The Balaban J connectivity index is 1.43. The van der Waals surface area contributed by atoms with Gasteiger partial charge >= 0.3 is 0 Å². The van der Waals surface area contributed by atoms with Gasteiger partial charge in [-0.15, -0.1) is 6.58 Å². The van der Waals surface area contributed by atoms with Crippen molar-refractivity contribution in [1.29, 1.82) is 5.41 Å². The SMILES string of the molecule is C=CCCC(C(=C)NC)N1Cc2cc(CCC3CCCCN3CC(=N)c3c(N)cccc3C(=O)CC)ccc2C1C. The number of nitrogens with two attached hydrogens (primary N) is 1. The van der Waals surface area contributed by atoms with Crippen molar-refractivity contribution in [3.8, 4) is 0 Å². The summed E-state index contributed by atoms with van der Waals surface area (Å²) in [6.07, 6.45) is 9.99. The molecule has 2 heterocycles. The lowest BCUT2D eigenvalue weighted by molar-refractivity contribution is 0.0988. The van der Waals surface area contributed by atoms with E-state index in [1.54, 1.807) is 6.07 Å². The van der Waals surface area contributed by atoms with Gasteiger partial charge in [0.1, 0.15) is 0 Å². The molecule has 0 radical (unpaired) electrons. The number of allylic oxidation sites excluding steroid dienone is 1. The van der Waals surface area contributed by atoms with Gasteiger partial charge in [0, 0.05) is 61.2 Å². The molecule has 0 spiro atoms. The standard InChI is InChI=1S/C35H49N5O/c1-6-8-15-33(24(3)38-5)40-22-27-21-26(17-19-29(27)25(40)4)16-18-28-12-9-10-20-39(28)23-32(37)35-30(34(41)7-2)13-11-14-31(35)36/h6,11,13-14,17,19,21,25,28,33,37-38H,1,3,7-10,12,15-16,18,20,22-23,36H2,2,4-5H3. The molecule has 0 bridgehead atoms. The molecule has 0 aliphatic carbocycles. The van der Waals surface area contributed by atoms with Crippen LogP contribution < -0.4 is 11.1 Å². The first-order valence-corrected chi connectivity index (χ1v) is 15.4. The van der Waals surface area contributed by atoms with E-state index < -0.39 is 0 Å². The van der Waals surface area contributed by atoms with Gasteiger partial charge in [0.2, 0.25) is 0 Å². The summed E-state index contributed by atoms with van der Waals surface area (Å²) in [5.41, 5.74) is 13.8. The highest BCUT2D eigenvalue weighted by molar-refractivity contribution is 6.13. The van der Waals surface area contributed by atoms with Crippen LogP contribution in [0.25, 0.3) is 0 Å². The minimum absolute atomic E-state index is 0.0408. The maximum Gasteiger partial charge on any atom is 0.163 e. The average molecular weight is 556 g/mol. The lowest BCUT2D eigenvalue weighted by Crippen LogP contribution is -2.43. The van der Waals surface area contributed by atoms with Gasteiger partial charge in [-0.05, 0) is 74.8 Å². The molecular weight excluding hydrogens is 506 g/mol. The van der Waals surface area contributed by atoms with Gasteiger partial charge in [-0.2, -0.15) is 0 Å². The first kappa shape index (κ1) is 30.7. The lowest BCUT2D eigenvalue weighted by Gasteiger charge is -2.36. The maximum absolute atomic E-state index is 12.6. The summed E-state index contributed by atoms with van der Waals surface area (Å²) in [5, 5.41) is 12.2. The number of fused-ring (bicyclic) bond motifs is 1. The third-order valence-corrected chi connectivity index (χ3v) is 9.17. The second-order valence-corrected chi connectivity index (χ2v) is 11.7. The molecule has 6 heteroatoms. The number of ketones is 1. The number of likely N-dealkylation sites (N-methyl/N-ethyl adjacent to an activating group) is 1. The molecule has 1 saturated heterocycles. The topological polar surface area (TPSA) is 85.4 Å². The van der Waals surface area contributed by atoms with Crippen molar-refractivity contribution in [3.05, 3.63) is 89.1 Å². The van der Waals surface area contributed by atoms with Crippen LogP contribution in [0.1, 0.15) is 97.4 Å². The zero-order valence-corrected chi connectivity index (χ0v) is 25.3. The Kier molecular flexibility index (Phi) is 10.6. The predicted molar refractivity (Wildman–Crippen MR) is 172 cm³/mol. The van der Waals surface area contributed by atoms with E-state index in [4.69, 9.17) is 11.1 Å². The number of anilines is 1. The fraction of sp³-hybridized carbons (Fsp3) is 0.486. The smallest absolute Gasteiger partial charge is 0.163 e. The van der Waals surface area contributed by atoms with Crippen LogP contribution in [0.4, 0.5) is 5.69 Å². The van der Waals surface area contributed by atoms with Gasteiger partial charge in [-0.3, -0.25) is 14.6 Å². The summed E-state index contributed by atoms with van der Waals surface area (Å²) in [5.74, 6) is 0.0408. The Morgan fingerprint density at radius 1 is 1.27 bits per heavy atom. The third kappa shape index (κ3) is 6.99. The molecule has 0 amide bonds. The van der Waals surface area contributed by atoms with E-state index >= 15 is 0 Å². The van der Waals surface area contributed by atoms with Crippen LogP contribution in [-0.4, -0.2) is 53.5 Å². The molecule has 4 rings (SSSR count). The van der Waals surface area contributed by atoms with Gasteiger partial charge < -0.3 is 16.5 Å². The number of benzene rings is 2. The minimum Gasteiger partial charge on any atom is -0.398 e. The Labute approximate surface area is 247 Å². The number of carbonyl (C=O) groups excluding carboxylic acids is 1. The average Bonchev–Trinajstić information content (AvgIpc) is 3.31. The lowest BCUT2D eigenvalue weighted by atomic mass is 9.92. The number of nitrogen functional groups attached to an aromatic ring is 1. The van der Waals surface area contributed by atoms with Gasteiger partial charge in [0.05, 0.1) is 11.8 Å². The number of aryl methyl sites for hydroxylation is 1. The summed E-state index contributed by atoms with van der Waals surface area (Å²) in [6.45, 7) is 14.8. The van der Waals surface area contributed by atoms with Crippen molar-refractivity contribution in [1.82, 2.24) is 15.1 Å². The predicted octanol–water partition coefficient (Wildman–Crippen LogP) is 6.66. The van der Waals surface area contributed by atoms with E-state index in [1.165, 1.54) is 23.1 Å². The monoisotopic (exact) mass is 555 g/mol. The van der Waals surface area contributed by atoms with E-state index in [1.807, 2.05) is 32.2 Å². The van der Waals surface area contributed by atoms with Gasteiger partial charge in [0.25, 0.3) is 0 Å². The fourth-order valence-electron chi connectivity index (χ4n) is 6.77. The van der Waals surface area contributed by atoms with Crippen molar-refractivity contribution in [2.24, 2.45) is 0 Å². The number of nitrogens with zero attached hydrogens (tertiary/aromatic N) is 2. The first-order chi connectivity index (χ1) is 19.8. The van der Waals surface area contributed by atoms with Crippen molar-refractivity contribution in [2.45, 2.75) is 89.9 Å². The molecule has 0 saturated carbocycles. The third-order valence-electron chi connectivity index (χ3n) is 9.17. The molecule has 4 N–H and O–H groups in total. The molecular formula is C35H49N5O. The Morgan fingerprint density at radius 3 is 2.80 bits per heavy atom. The summed E-state index contributed by atoms with van der Waals surface area (Å²) in [6, 6.07) is 13.5. The Hall–Kier alpha value is -3.22. The molecule has 2 aromatic rings. The number of nitrogens with one attached hydrogen (secondary N) is 2. The quantitative estimate of drug-likeness (QED) is 0.105. The largest absolute Gasteiger partial charge is 0.398 e. The van der Waals surface area contributed by atoms with E-state index in [-0.39, 0.29) is 11.8 Å². The van der Waals surface area contributed by atoms with E-state index in [9.17, 15) is 4.79 Å². The van der Waals surface area contributed by atoms with Crippen molar-refractivity contribution in [2.75, 3.05) is 25.9 Å². The highest BCUT2D eigenvalue weighted by Crippen LogP contribution is 2.38. The molecule has 220 valence electrons. The molecule has 41 heavy (non-hydrogen) atoms. The van der Waals surface area contributed by atoms with Crippen LogP contribution in [0.15, 0.2) is 61.3 Å². The van der Waals surface area contributed by atoms with Crippen molar-refractivity contribution >= 4 is 17.2 Å². The van der Waals surface area contributed by atoms with E-state index in [0.29, 0.717) is 47.6 Å². The van der Waals surface area contributed by atoms with Crippen LogP contribution in [-0.2, 0) is 13.0 Å². The molecule has 2 aliphatic rings. The molecule has 2 aromatic carbocycles. The molecule has 6 nitrogen and oxygen atoms in total. The van der Waals surface area contributed by atoms with Crippen molar-refractivity contribution in [3.63, 3.8) is 0 Å². The normalized spacial score (nSPS) is 19.9. The van der Waals surface area contributed by atoms with Crippen LogP contribution in [0.2, 0.25) is 0 Å². The van der Waals surface area contributed by atoms with Crippen LogP contribution in [0.3, 0.4) is 0 Å². The van der Waals surface area contributed by atoms with Crippen LogP contribution >= 0.6 is 0 Å². The number of piperidine rings is 1. The number of likely N-dealkylation sites (tertiary alicyclic amines) is 1. The zero-order chi connectivity index (χ0) is 29.5. The zero-order valence-electron chi connectivity index (χ0n) is 25.3. The summed E-state index contributed by atoms with van der Waals surface area (Å²) < 4.78 is 0. The van der Waals surface area contributed by atoms with E-state index in [0.717, 1.165) is 57.3 Å². The van der Waals surface area contributed by atoms with E-state index in [2.05, 4.69) is 53.4 Å². The fourth-order valence-corrected chi connectivity index (χ4v) is 6.77. The van der Waals surface area contributed by atoms with Crippen molar-refractivity contribution < 1.29 is 4.79 Å². The summed E-state index contributed by atoms with van der Waals surface area (Å²) in [4.78, 5) is 17.6. The van der Waals surface area contributed by atoms with Crippen LogP contribution in [0, 0.1) is 5.41 Å². The van der Waals surface area contributed by atoms with Gasteiger partial charge in [-0.1, -0.05) is 56.3 Å². The van der Waals surface area contributed by atoms with Gasteiger partial charge in [0.15, 0.2) is 5.78 Å². The molecule has 3 unspecified atom stereocenters. The van der Waals surface area contributed by atoms with Gasteiger partial charge in [-0.25, -0.2) is 0 Å². The number of Topliss-reactive ketones (excluding diaryl/α,β-unsaturated/α-hetero) is 1. The number of rotatable bonds is 14. The summed E-state index contributed by atoms with van der Waals surface area (Å²) >= 11 is 0. The second kappa shape index (κ2) is 14.1. The molecule has 3 atom stereocenters. The second-order valence-electron chi connectivity index (χ2n) is 11.7. The number of hydrogen-bond donors (Lipinski definition) is 3. The Morgan fingerprint density at radius 2 is 2.07 bits per heavy atom. The summed E-state index contributed by atoms with van der Waals surface area (Å²) in [7, 11) is 1.96. The Bertz CT molecular complexity index is 1270. The highest BCUT2D eigenvalue weighted by Gasteiger charge is 2.33. The highest BCUT2D eigenvalue weighted by atomic mass is 16.1. The van der Waals surface area contributed by atoms with Crippen LogP contribution in [0.5, 0.6) is 0 Å². The molecule has 0 aromatic heterocycles. The number of carbonyl (C=O) groups is 1. The molecule has 2 aliphatic heterocycles.